The second-order valence-corrected chi connectivity index (χ2v) is 19.1. The van der Waals surface area contributed by atoms with Gasteiger partial charge in [-0.2, -0.15) is 0 Å². The van der Waals surface area contributed by atoms with Crippen molar-refractivity contribution < 1.29 is 0 Å². The molecule has 296 valence electrons. The van der Waals surface area contributed by atoms with Gasteiger partial charge >= 0.3 is 0 Å². The Labute approximate surface area is 368 Å². The summed E-state index contributed by atoms with van der Waals surface area (Å²) in [4.78, 5) is 2.59. The van der Waals surface area contributed by atoms with Crippen LogP contribution in [0.4, 0.5) is 17.1 Å². The maximum absolute atomic E-state index is 2.59. The highest BCUT2D eigenvalue weighted by Crippen LogP contribution is 2.58. The molecule has 9 aromatic carbocycles. The van der Waals surface area contributed by atoms with Crippen LogP contribution in [0.3, 0.4) is 0 Å². The highest BCUT2D eigenvalue weighted by Gasteiger charge is 2.40. The highest BCUT2D eigenvalue weighted by atomic mass is 32.1. The van der Waals surface area contributed by atoms with E-state index >= 15 is 0 Å². The quantitative estimate of drug-likeness (QED) is 0.162. The average Bonchev–Trinajstić information content (AvgIpc) is 3.89. The standard InChI is InChI=1S/C60H45NS/c1-59(2)50-26-12-9-21-47(50)57-45(22-14-27-51(57)59)44-23-15-28-52(56(44)40-33-31-39(32-34-40)38-17-6-5-7-18-38)61(41-35-36-55-48(37-41)43-20-10-13-30-54(43)62-55)53-29-16-24-46-42-19-8-11-25-49(42)60(3,4)58(46)53/h5-37H,1-4H3. The summed E-state index contributed by atoms with van der Waals surface area (Å²) in [6.07, 6.45) is 0. The predicted octanol–water partition coefficient (Wildman–Crippen LogP) is 17.1. The van der Waals surface area contributed by atoms with Gasteiger partial charge in [0.25, 0.3) is 0 Å². The van der Waals surface area contributed by atoms with E-state index in [4.69, 9.17) is 0 Å². The van der Waals surface area contributed by atoms with Crippen LogP contribution in [0.25, 0.3) is 75.8 Å². The number of rotatable bonds is 6. The van der Waals surface area contributed by atoms with E-state index in [0.717, 1.165) is 11.4 Å². The van der Waals surface area contributed by atoms with Gasteiger partial charge in [0.1, 0.15) is 0 Å². The van der Waals surface area contributed by atoms with E-state index < -0.39 is 0 Å². The number of nitrogens with zero attached hydrogens (tertiary/aromatic N) is 1. The van der Waals surface area contributed by atoms with E-state index in [0.29, 0.717) is 0 Å². The van der Waals surface area contributed by atoms with Crippen LogP contribution in [0.2, 0.25) is 0 Å². The number of anilines is 3. The third kappa shape index (κ3) is 5.39. The Morgan fingerprint density at radius 2 is 0.903 bits per heavy atom. The summed E-state index contributed by atoms with van der Waals surface area (Å²) in [5, 5.41) is 2.58. The van der Waals surface area contributed by atoms with Crippen molar-refractivity contribution in [3.05, 3.63) is 222 Å². The van der Waals surface area contributed by atoms with Crippen LogP contribution in [0, 0.1) is 0 Å². The lowest BCUT2D eigenvalue weighted by Gasteiger charge is -2.34. The topological polar surface area (TPSA) is 3.24 Å². The minimum Gasteiger partial charge on any atom is -0.309 e. The van der Waals surface area contributed by atoms with Crippen LogP contribution in [0.15, 0.2) is 200 Å². The fourth-order valence-electron chi connectivity index (χ4n) is 11.0. The predicted molar refractivity (Wildman–Crippen MR) is 265 cm³/mol. The number of fused-ring (bicyclic) bond motifs is 9. The van der Waals surface area contributed by atoms with Crippen molar-refractivity contribution in [2.24, 2.45) is 0 Å². The molecule has 0 bridgehead atoms. The SMILES string of the molecule is CC1(C)c2ccccc2-c2c(-c3cccc(N(c4ccc5sc6ccccc6c5c4)c4cccc5c4C(C)(C)c4ccccc4-5)c3-c3ccc(-c4ccccc4)cc3)cccc21. The molecule has 12 rings (SSSR count). The minimum atomic E-state index is -0.232. The first kappa shape index (κ1) is 36.8. The highest BCUT2D eigenvalue weighted by molar-refractivity contribution is 7.25. The van der Waals surface area contributed by atoms with Crippen molar-refractivity contribution in [3.63, 3.8) is 0 Å². The van der Waals surface area contributed by atoms with Crippen LogP contribution in [0.1, 0.15) is 49.9 Å². The normalized spacial score (nSPS) is 14.1. The first-order valence-electron chi connectivity index (χ1n) is 21.8. The molecule has 62 heavy (non-hydrogen) atoms. The Kier molecular flexibility index (Phi) is 8.17. The molecule has 2 aliphatic carbocycles. The van der Waals surface area contributed by atoms with Crippen molar-refractivity contribution in [1.29, 1.82) is 0 Å². The van der Waals surface area contributed by atoms with Gasteiger partial charge in [0.2, 0.25) is 0 Å². The summed E-state index contributed by atoms with van der Waals surface area (Å²) < 4.78 is 2.61. The van der Waals surface area contributed by atoms with E-state index in [1.165, 1.54) is 104 Å². The Bertz CT molecular complexity index is 3400. The summed E-state index contributed by atoms with van der Waals surface area (Å²) in [6, 6.07) is 74.9. The molecule has 0 fully saturated rings. The molecule has 0 aliphatic heterocycles. The summed E-state index contributed by atoms with van der Waals surface area (Å²) in [6.45, 7) is 9.56. The summed E-state index contributed by atoms with van der Waals surface area (Å²) in [5.41, 5.74) is 21.2. The molecule has 0 N–H and O–H groups in total. The average molecular weight is 812 g/mol. The van der Waals surface area contributed by atoms with Crippen LogP contribution in [-0.2, 0) is 10.8 Å². The molecule has 2 heteroatoms. The van der Waals surface area contributed by atoms with Crippen LogP contribution in [-0.4, -0.2) is 0 Å². The minimum absolute atomic E-state index is 0.118. The lowest BCUT2D eigenvalue weighted by atomic mass is 9.80. The second kappa shape index (κ2) is 13.8. The molecule has 1 heterocycles. The maximum Gasteiger partial charge on any atom is 0.0546 e. The molecule has 0 spiro atoms. The van der Waals surface area contributed by atoms with Gasteiger partial charge < -0.3 is 4.90 Å². The third-order valence-corrected chi connectivity index (χ3v) is 15.0. The van der Waals surface area contributed by atoms with Gasteiger partial charge in [-0.05, 0) is 109 Å². The molecular weight excluding hydrogens is 767 g/mol. The van der Waals surface area contributed by atoms with Gasteiger partial charge in [0, 0.05) is 42.3 Å². The first-order valence-corrected chi connectivity index (χ1v) is 22.6. The Hall–Kier alpha value is -7.00. The molecule has 1 nitrogen and oxygen atoms in total. The number of hydrogen-bond acceptors (Lipinski definition) is 2. The third-order valence-electron chi connectivity index (χ3n) is 13.9. The molecule has 2 aliphatic rings. The van der Waals surface area contributed by atoms with Gasteiger partial charge in [-0.3, -0.25) is 0 Å². The second-order valence-electron chi connectivity index (χ2n) is 18.0. The number of hydrogen-bond donors (Lipinski definition) is 0. The van der Waals surface area contributed by atoms with Crippen molar-refractivity contribution in [2.45, 2.75) is 38.5 Å². The number of thiophene rings is 1. The summed E-state index contributed by atoms with van der Waals surface area (Å²) in [7, 11) is 0. The summed E-state index contributed by atoms with van der Waals surface area (Å²) in [5.74, 6) is 0. The molecule has 10 aromatic rings. The van der Waals surface area contributed by atoms with Crippen molar-refractivity contribution in [3.8, 4) is 55.6 Å². The van der Waals surface area contributed by atoms with Gasteiger partial charge in [-0.15, -0.1) is 11.3 Å². The molecule has 0 atom stereocenters. The maximum atomic E-state index is 2.59. The Morgan fingerprint density at radius 3 is 1.69 bits per heavy atom. The van der Waals surface area contributed by atoms with Gasteiger partial charge in [-0.1, -0.05) is 191 Å². The van der Waals surface area contributed by atoms with E-state index in [9.17, 15) is 0 Å². The first-order chi connectivity index (χ1) is 30.3. The zero-order valence-electron chi connectivity index (χ0n) is 35.4. The monoisotopic (exact) mass is 811 g/mol. The molecule has 0 saturated carbocycles. The molecular formula is C60H45NS. The molecule has 0 radical (unpaired) electrons. The van der Waals surface area contributed by atoms with Crippen LogP contribution < -0.4 is 4.90 Å². The van der Waals surface area contributed by atoms with Crippen molar-refractivity contribution in [2.75, 3.05) is 4.90 Å². The van der Waals surface area contributed by atoms with E-state index in [-0.39, 0.29) is 10.8 Å². The lowest BCUT2D eigenvalue weighted by Crippen LogP contribution is -2.21. The smallest absolute Gasteiger partial charge is 0.0546 e. The molecule has 0 unspecified atom stereocenters. The van der Waals surface area contributed by atoms with Gasteiger partial charge in [0.05, 0.1) is 11.4 Å². The lowest BCUT2D eigenvalue weighted by molar-refractivity contribution is 0.660. The van der Waals surface area contributed by atoms with E-state index in [1.54, 1.807) is 0 Å². The molecule has 1 aromatic heterocycles. The Balaban J connectivity index is 1.18. The van der Waals surface area contributed by atoms with Gasteiger partial charge in [0.15, 0.2) is 0 Å². The van der Waals surface area contributed by atoms with Crippen LogP contribution >= 0.6 is 11.3 Å². The molecule has 0 amide bonds. The van der Waals surface area contributed by atoms with Gasteiger partial charge in [-0.25, -0.2) is 0 Å². The fourth-order valence-corrected chi connectivity index (χ4v) is 12.0. The number of benzene rings is 9. The van der Waals surface area contributed by atoms with Crippen molar-refractivity contribution >= 4 is 48.6 Å². The van der Waals surface area contributed by atoms with Crippen molar-refractivity contribution in [1.82, 2.24) is 0 Å². The zero-order chi connectivity index (χ0) is 41.7. The Morgan fingerprint density at radius 1 is 0.355 bits per heavy atom. The van der Waals surface area contributed by atoms with E-state index in [1.807, 2.05) is 11.3 Å². The zero-order valence-corrected chi connectivity index (χ0v) is 36.2. The van der Waals surface area contributed by atoms with Crippen LogP contribution in [0.5, 0.6) is 0 Å². The van der Waals surface area contributed by atoms with E-state index in [2.05, 4.69) is 233 Å². The molecule has 0 saturated heterocycles. The summed E-state index contributed by atoms with van der Waals surface area (Å²) >= 11 is 1.87. The fraction of sp³-hybridized carbons (Fsp3) is 0.100. The largest absolute Gasteiger partial charge is 0.309 e.